The number of likely N-dealkylation sites (tertiary alicyclic amines) is 1. The Kier molecular flexibility index (Phi) is 5.05. The van der Waals surface area contributed by atoms with Gasteiger partial charge >= 0.3 is 0 Å². The minimum Gasteiger partial charge on any atom is -0.361 e. The van der Waals surface area contributed by atoms with Crippen molar-refractivity contribution in [3.8, 4) is 11.4 Å². The molecule has 5 rings (SSSR count). The van der Waals surface area contributed by atoms with Gasteiger partial charge < -0.3 is 9.88 Å². The van der Waals surface area contributed by atoms with Crippen LogP contribution < -0.4 is 0 Å². The number of benzene rings is 2. The molecule has 0 aliphatic carbocycles. The highest BCUT2D eigenvalue weighted by Gasteiger charge is 2.24. The number of rotatable bonds is 5. The predicted octanol–water partition coefficient (Wildman–Crippen LogP) is 3.98. The third kappa shape index (κ3) is 3.85. The van der Waals surface area contributed by atoms with Gasteiger partial charge in [0.05, 0.1) is 6.42 Å². The number of hydrogen-bond acceptors (Lipinski definition) is 3. The van der Waals surface area contributed by atoms with Gasteiger partial charge in [-0.3, -0.25) is 9.89 Å². The van der Waals surface area contributed by atoms with Gasteiger partial charge in [0.25, 0.3) is 0 Å². The molecule has 6 heteroatoms. The number of nitrogens with one attached hydrogen (secondary N) is 2. The Balaban J connectivity index is 1.16. The number of piperidine rings is 1. The lowest BCUT2D eigenvalue weighted by molar-refractivity contribution is -0.131. The van der Waals surface area contributed by atoms with Gasteiger partial charge in [0.1, 0.15) is 5.82 Å². The number of H-pyrrole nitrogens is 2. The standard InChI is InChI=1S/C24H25N5O/c30-23(15-19-16-25-21-9-5-4-8-20(19)21)29-12-10-17(11-13-29)14-22-26-24(28-27-22)18-6-2-1-3-7-18/h1-9,16-17,25H,10-15H2,(H,26,27,28). The van der Waals surface area contributed by atoms with E-state index in [0.717, 1.165) is 66.0 Å². The van der Waals surface area contributed by atoms with E-state index in [0.29, 0.717) is 12.3 Å². The second-order valence-electron chi connectivity index (χ2n) is 8.04. The van der Waals surface area contributed by atoms with Crippen LogP contribution in [0.5, 0.6) is 0 Å². The molecule has 2 N–H and O–H groups in total. The topological polar surface area (TPSA) is 77.7 Å². The molecule has 4 aromatic rings. The van der Waals surface area contributed by atoms with Crippen molar-refractivity contribution >= 4 is 16.8 Å². The molecule has 0 saturated carbocycles. The van der Waals surface area contributed by atoms with Crippen LogP contribution in [0.4, 0.5) is 0 Å². The van der Waals surface area contributed by atoms with E-state index >= 15 is 0 Å². The highest BCUT2D eigenvalue weighted by molar-refractivity contribution is 5.88. The molecule has 1 saturated heterocycles. The molecule has 2 aromatic heterocycles. The van der Waals surface area contributed by atoms with E-state index in [1.165, 1.54) is 0 Å². The minimum absolute atomic E-state index is 0.212. The molecule has 0 bridgehead atoms. The number of carbonyl (C=O) groups excluding carboxylic acids is 1. The zero-order valence-corrected chi connectivity index (χ0v) is 16.8. The van der Waals surface area contributed by atoms with E-state index in [2.05, 4.69) is 26.2 Å². The van der Waals surface area contributed by atoms with Gasteiger partial charge in [-0.1, -0.05) is 48.5 Å². The van der Waals surface area contributed by atoms with Crippen molar-refractivity contribution in [1.82, 2.24) is 25.1 Å². The van der Waals surface area contributed by atoms with Gasteiger partial charge in [0.2, 0.25) is 5.91 Å². The van der Waals surface area contributed by atoms with Gasteiger partial charge in [-0.15, -0.1) is 0 Å². The molecular formula is C24H25N5O. The first-order valence-corrected chi connectivity index (χ1v) is 10.6. The SMILES string of the molecule is O=C(Cc1c[nH]c2ccccc12)N1CCC(Cc2nc(-c3ccccc3)n[nH]2)CC1. The Labute approximate surface area is 175 Å². The maximum atomic E-state index is 12.8. The van der Waals surface area contributed by atoms with Crippen molar-refractivity contribution in [2.24, 2.45) is 5.92 Å². The number of carbonyl (C=O) groups is 1. The molecule has 30 heavy (non-hydrogen) atoms. The third-order valence-corrected chi connectivity index (χ3v) is 6.03. The fraction of sp³-hybridized carbons (Fsp3) is 0.292. The minimum atomic E-state index is 0.212. The fourth-order valence-corrected chi connectivity index (χ4v) is 4.32. The van der Waals surface area contributed by atoms with Crippen LogP contribution in [-0.4, -0.2) is 44.1 Å². The average molecular weight is 399 g/mol. The molecule has 6 nitrogen and oxygen atoms in total. The fourth-order valence-electron chi connectivity index (χ4n) is 4.32. The van der Waals surface area contributed by atoms with Crippen LogP contribution in [0.1, 0.15) is 24.2 Å². The highest BCUT2D eigenvalue weighted by atomic mass is 16.2. The molecule has 3 heterocycles. The summed E-state index contributed by atoms with van der Waals surface area (Å²) in [6.07, 6.45) is 5.30. The summed E-state index contributed by atoms with van der Waals surface area (Å²) in [4.78, 5) is 22.7. The van der Waals surface area contributed by atoms with Crippen LogP contribution in [0.2, 0.25) is 0 Å². The summed E-state index contributed by atoms with van der Waals surface area (Å²) in [7, 11) is 0. The van der Waals surface area contributed by atoms with Crippen molar-refractivity contribution < 1.29 is 4.79 Å². The molecule has 2 aromatic carbocycles. The quantitative estimate of drug-likeness (QED) is 0.533. The third-order valence-electron chi connectivity index (χ3n) is 6.03. The summed E-state index contributed by atoms with van der Waals surface area (Å²) in [5.74, 6) is 2.41. The first-order valence-electron chi connectivity index (χ1n) is 10.6. The summed E-state index contributed by atoms with van der Waals surface area (Å²) < 4.78 is 0. The average Bonchev–Trinajstić information content (AvgIpc) is 3.42. The molecule has 152 valence electrons. The van der Waals surface area contributed by atoms with Crippen molar-refractivity contribution in [1.29, 1.82) is 0 Å². The van der Waals surface area contributed by atoms with Crippen LogP contribution in [0.15, 0.2) is 60.8 Å². The zero-order valence-electron chi connectivity index (χ0n) is 16.8. The predicted molar refractivity (Wildman–Crippen MR) is 117 cm³/mol. The van der Waals surface area contributed by atoms with Crippen molar-refractivity contribution in [2.45, 2.75) is 25.7 Å². The van der Waals surface area contributed by atoms with E-state index < -0.39 is 0 Å². The van der Waals surface area contributed by atoms with E-state index in [1.54, 1.807) is 0 Å². The van der Waals surface area contributed by atoms with Gasteiger partial charge in [0, 0.05) is 42.2 Å². The van der Waals surface area contributed by atoms with Crippen LogP contribution in [0.3, 0.4) is 0 Å². The van der Waals surface area contributed by atoms with Gasteiger partial charge in [-0.2, -0.15) is 5.10 Å². The molecule has 1 fully saturated rings. The van der Waals surface area contributed by atoms with Crippen LogP contribution in [0, 0.1) is 5.92 Å². The second-order valence-corrected chi connectivity index (χ2v) is 8.04. The zero-order chi connectivity index (χ0) is 20.3. The van der Waals surface area contributed by atoms with Crippen LogP contribution in [0.25, 0.3) is 22.3 Å². The molecule has 0 atom stereocenters. The largest absolute Gasteiger partial charge is 0.361 e. The maximum Gasteiger partial charge on any atom is 0.227 e. The summed E-state index contributed by atoms with van der Waals surface area (Å²) >= 11 is 0. The molecule has 1 aliphatic rings. The van der Waals surface area contributed by atoms with Crippen LogP contribution in [-0.2, 0) is 17.6 Å². The summed E-state index contributed by atoms with van der Waals surface area (Å²) in [6.45, 7) is 1.62. The summed E-state index contributed by atoms with van der Waals surface area (Å²) in [5, 5.41) is 8.58. The number of aromatic amines is 2. The molecular weight excluding hydrogens is 374 g/mol. The Bertz CT molecular complexity index is 1140. The molecule has 0 spiro atoms. The molecule has 0 unspecified atom stereocenters. The van der Waals surface area contributed by atoms with Gasteiger partial charge in [-0.05, 0) is 30.4 Å². The second kappa shape index (κ2) is 8.14. The smallest absolute Gasteiger partial charge is 0.227 e. The van der Waals surface area contributed by atoms with Crippen molar-refractivity contribution in [3.63, 3.8) is 0 Å². The monoisotopic (exact) mass is 399 g/mol. The van der Waals surface area contributed by atoms with E-state index in [-0.39, 0.29) is 5.91 Å². The Morgan fingerprint density at radius 2 is 1.80 bits per heavy atom. The van der Waals surface area contributed by atoms with Crippen LogP contribution >= 0.6 is 0 Å². The number of amides is 1. The highest BCUT2D eigenvalue weighted by Crippen LogP contribution is 2.24. The first-order chi connectivity index (χ1) is 14.8. The van der Waals surface area contributed by atoms with E-state index in [1.807, 2.05) is 59.6 Å². The molecule has 1 aliphatic heterocycles. The lowest BCUT2D eigenvalue weighted by atomic mass is 9.93. The van der Waals surface area contributed by atoms with Crippen molar-refractivity contribution in [2.75, 3.05) is 13.1 Å². The van der Waals surface area contributed by atoms with Crippen molar-refractivity contribution in [3.05, 3.63) is 72.2 Å². The maximum absolute atomic E-state index is 12.8. The van der Waals surface area contributed by atoms with E-state index in [4.69, 9.17) is 0 Å². The number of aromatic nitrogens is 4. The molecule has 0 radical (unpaired) electrons. The Morgan fingerprint density at radius 1 is 1.03 bits per heavy atom. The molecule has 1 amide bonds. The van der Waals surface area contributed by atoms with Gasteiger partial charge in [0.15, 0.2) is 5.82 Å². The lowest BCUT2D eigenvalue weighted by Gasteiger charge is -2.31. The lowest BCUT2D eigenvalue weighted by Crippen LogP contribution is -2.39. The number of nitrogens with zero attached hydrogens (tertiary/aromatic N) is 3. The van der Waals surface area contributed by atoms with Gasteiger partial charge in [-0.25, -0.2) is 4.98 Å². The number of hydrogen-bond donors (Lipinski definition) is 2. The summed E-state index contributed by atoms with van der Waals surface area (Å²) in [6, 6.07) is 18.2. The normalized spacial score (nSPS) is 15.0. The number of fused-ring (bicyclic) bond motifs is 1. The Hall–Kier alpha value is -3.41. The first kappa shape index (κ1) is 18.6. The Morgan fingerprint density at radius 3 is 2.63 bits per heavy atom. The number of para-hydroxylation sites is 1. The summed E-state index contributed by atoms with van der Waals surface area (Å²) in [5.41, 5.74) is 3.19. The van der Waals surface area contributed by atoms with E-state index in [9.17, 15) is 4.79 Å².